The molecule has 3 nitrogen and oxygen atoms in total. The molecule has 3 heteroatoms. The van der Waals surface area contributed by atoms with Crippen LogP contribution in [0.4, 0.5) is 5.69 Å². The zero-order chi connectivity index (χ0) is 36.2. The molecule has 55 heavy (non-hydrogen) atoms. The van der Waals surface area contributed by atoms with Crippen LogP contribution in [0.25, 0.3) is 81.6 Å². The van der Waals surface area contributed by atoms with Gasteiger partial charge in [-0.1, -0.05) is 146 Å². The zero-order valence-electron chi connectivity index (χ0n) is 29.9. The van der Waals surface area contributed by atoms with Gasteiger partial charge in [-0.3, -0.25) is 4.57 Å². The van der Waals surface area contributed by atoms with Gasteiger partial charge in [-0.05, 0) is 85.9 Å². The van der Waals surface area contributed by atoms with Crippen LogP contribution < -0.4 is 0 Å². The van der Waals surface area contributed by atoms with E-state index in [0.29, 0.717) is 0 Å². The molecule has 1 unspecified atom stereocenters. The van der Waals surface area contributed by atoms with Gasteiger partial charge in [-0.15, -0.1) is 0 Å². The molecule has 11 aromatic rings. The number of nitrogens with zero attached hydrogens (tertiary/aromatic N) is 3. The van der Waals surface area contributed by atoms with Crippen molar-refractivity contribution in [3.8, 4) is 5.69 Å². The highest BCUT2D eigenvalue weighted by atomic mass is 15.1. The minimum atomic E-state index is -0.0654. The first-order chi connectivity index (χ1) is 27.2. The normalized spacial score (nSPS) is 14.5. The molecule has 256 valence electrons. The van der Waals surface area contributed by atoms with Crippen molar-refractivity contribution < 1.29 is 0 Å². The predicted octanol–water partition coefficient (Wildman–Crippen LogP) is 13.6. The monoisotopic (exact) mass is 699 g/mol. The van der Waals surface area contributed by atoms with E-state index in [0.717, 1.165) is 33.8 Å². The molecule has 2 aromatic heterocycles. The zero-order valence-corrected chi connectivity index (χ0v) is 29.9. The summed E-state index contributed by atoms with van der Waals surface area (Å²) in [5.74, 6) is 0.812. The number of para-hydroxylation sites is 3. The predicted molar refractivity (Wildman–Crippen MR) is 233 cm³/mol. The SMILES string of the molecule is C=C1C(n2c3ccc(-n4c5ccccc5c5ccccc54)cc3c3c4ccccc4ccc32)=Nc2ccccc2C1c1ccc2c(ccc3ccccc32)c1. The van der Waals surface area contributed by atoms with E-state index in [9.17, 15) is 0 Å². The van der Waals surface area contributed by atoms with Crippen molar-refractivity contribution in [3.05, 3.63) is 205 Å². The third-order valence-electron chi connectivity index (χ3n) is 11.9. The molecule has 0 fully saturated rings. The lowest BCUT2D eigenvalue weighted by Gasteiger charge is -2.29. The maximum absolute atomic E-state index is 5.46. The van der Waals surface area contributed by atoms with Gasteiger partial charge in [-0.2, -0.15) is 0 Å². The number of aliphatic imine (C=N–C) groups is 1. The molecule has 0 bridgehead atoms. The number of rotatable bonds is 2. The number of hydrogen-bond acceptors (Lipinski definition) is 1. The first-order valence-corrected chi connectivity index (χ1v) is 18.9. The van der Waals surface area contributed by atoms with Crippen LogP contribution in [0.5, 0.6) is 0 Å². The van der Waals surface area contributed by atoms with Gasteiger partial charge in [-0.25, -0.2) is 4.99 Å². The Balaban J connectivity index is 1.11. The second-order valence-electron chi connectivity index (χ2n) is 14.8. The Kier molecular flexibility index (Phi) is 6.26. The molecule has 1 atom stereocenters. The van der Waals surface area contributed by atoms with E-state index < -0.39 is 0 Å². The number of allylic oxidation sites excluding steroid dienone is 1. The van der Waals surface area contributed by atoms with Gasteiger partial charge in [0.25, 0.3) is 0 Å². The maximum atomic E-state index is 5.46. The van der Waals surface area contributed by atoms with Crippen LogP contribution in [0.2, 0.25) is 0 Å². The van der Waals surface area contributed by atoms with Gasteiger partial charge in [0.05, 0.1) is 27.8 Å². The smallest absolute Gasteiger partial charge is 0.141 e. The molecule has 0 radical (unpaired) electrons. The lowest BCUT2D eigenvalue weighted by Crippen LogP contribution is -2.23. The first-order valence-electron chi connectivity index (χ1n) is 18.9. The minimum absolute atomic E-state index is 0.0654. The second kappa shape index (κ2) is 11.4. The maximum Gasteiger partial charge on any atom is 0.141 e. The Hall–Kier alpha value is -7.23. The number of aromatic nitrogens is 2. The fourth-order valence-electron chi connectivity index (χ4n) is 9.47. The average molecular weight is 700 g/mol. The van der Waals surface area contributed by atoms with Crippen molar-refractivity contribution in [1.82, 2.24) is 9.13 Å². The molecule has 1 aliphatic heterocycles. The van der Waals surface area contributed by atoms with Crippen molar-refractivity contribution in [2.45, 2.75) is 5.92 Å². The molecule has 0 spiro atoms. The van der Waals surface area contributed by atoms with Crippen LogP contribution in [0, 0.1) is 0 Å². The highest BCUT2D eigenvalue weighted by Gasteiger charge is 2.31. The van der Waals surface area contributed by atoms with E-state index in [-0.39, 0.29) is 5.92 Å². The van der Waals surface area contributed by atoms with Gasteiger partial charge in [0.1, 0.15) is 5.84 Å². The quantitative estimate of drug-likeness (QED) is 0.160. The van der Waals surface area contributed by atoms with Crippen LogP contribution in [0.1, 0.15) is 17.0 Å². The highest BCUT2D eigenvalue weighted by molar-refractivity contribution is 6.26. The molecule has 3 heterocycles. The number of fused-ring (bicyclic) bond motifs is 12. The standard InChI is InChI=1S/C52H33N3/c1-32-50(36-24-27-39-35(30-36)23-22-33-12-2-4-14-38(33)39)43-18-6-9-19-45(43)53-52(32)55-48-29-26-37(31-44(48)51-40-15-5-3-13-34(40)25-28-49(51)55)54-46-20-10-7-16-41(46)42-17-8-11-21-47(42)54/h2-31,50H,1H2. The van der Waals surface area contributed by atoms with Gasteiger partial charge in [0.15, 0.2) is 0 Å². The molecule has 9 aromatic carbocycles. The van der Waals surface area contributed by atoms with E-state index in [2.05, 4.69) is 191 Å². The van der Waals surface area contributed by atoms with E-state index in [1.54, 1.807) is 0 Å². The van der Waals surface area contributed by atoms with Crippen LogP contribution in [0.3, 0.4) is 0 Å². The van der Waals surface area contributed by atoms with E-state index in [1.807, 2.05) is 0 Å². The molecule has 0 saturated carbocycles. The highest BCUT2D eigenvalue weighted by Crippen LogP contribution is 2.45. The Morgan fingerprint density at radius 3 is 1.80 bits per heavy atom. The third kappa shape index (κ3) is 4.29. The Labute approximate surface area is 317 Å². The van der Waals surface area contributed by atoms with Crippen LogP contribution in [0.15, 0.2) is 199 Å². The Morgan fingerprint density at radius 2 is 1.00 bits per heavy atom. The molecule has 0 amide bonds. The van der Waals surface area contributed by atoms with E-state index in [4.69, 9.17) is 11.6 Å². The van der Waals surface area contributed by atoms with Crippen molar-refractivity contribution in [2.75, 3.05) is 0 Å². The lowest BCUT2D eigenvalue weighted by atomic mass is 9.81. The van der Waals surface area contributed by atoms with Gasteiger partial charge in [0, 0.05) is 38.7 Å². The summed E-state index contributed by atoms with van der Waals surface area (Å²) in [6.45, 7) is 4.89. The van der Waals surface area contributed by atoms with Gasteiger partial charge >= 0.3 is 0 Å². The van der Waals surface area contributed by atoms with Crippen LogP contribution in [-0.4, -0.2) is 15.0 Å². The van der Waals surface area contributed by atoms with E-state index in [1.165, 1.54) is 76.0 Å². The van der Waals surface area contributed by atoms with Crippen molar-refractivity contribution in [3.63, 3.8) is 0 Å². The summed E-state index contributed by atoms with van der Waals surface area (Å²) < 4.78 is 4.78. The molecule has 0 N–H and O–H groups in total. The summed E-state index contributed by atoms with van der Waals surface area (Å²) >= 11 is 0. The summed E-state index contributed by atoms with van der Waals surface area (Å²) in [6.07, 6.45) is 0. The second-order valence-corrected chi connectivity index (χ2v) is 14.8. The topological polar surface area (TPSA) is 22.2 Å². The summed E-state index contributed by atoms with van der Waals surface area (Å²) in [4.78, 5) is 5.46. The first kappa shape index (κ1) is 30.3. The van der Waals surface area contributed by atoms with Gasteiger partial charge < -0.3 is 4.57 Å². The summed E-state index contributed by atoms with van der Waals surface area (Å²) in [5, 5.41) is 12.4. The minimum Gasteiger partial charge on any atom is -0.309 e. The van der Waals surface area contributed by atoms with Crippen LogP contribution in [-0.2, 0) is 0 Å². The van der Waals surface area contributed by atoms with E-state index >= 15 is 0 Å². The average Bonchev–Trinajstić information content (AvgIpc) is 3.76. The molecule has 0 saturated heterocycles. The fourth-order valence-corrected chi connectivity index (χ4v) is 9.47. The summed E-state index contributed by atoms with van der Waals surface area (Å²) in [5.41, 5.74) is 10.1. The van der Waals surface area contributed by atoms with Crippen molar-refractivity contribution in [1.29, 1.82) is 0 Å². The van der Waals surface area contributed by atoms with Crippen molar-refractivity contribution >= 4 is 87.5 Å². The Morgan fingerprint density at radius 1 is 0.418 bits per heavy atom. The molecule has 1 aliphatic rings. The number of hydrogen-bond donors (Lipinski definition) is 0. The van der Waals surface area contributed by atoms with Crippen molar-refractivity contribution in [2.24, 2.45) is 4.99 Å². The lowest BCUT2D eigenvalue weighted by molar-refractivity contribution is 0.961. The molecule has 12 rings (SSSR count). The van der Waals surface area contributed by atoms with Crippen LogP contribution >= 0.6 is 0 Å². The molecule has 0 aliphatic carbocycles. The fraction of sp³-hybridized carbons (Fsp3) is 0.0192. The van der Waals surface area contributed by atoms with Gasteiger partial charge in [0.2, 0.25) is 0 Å². The molecular weight excluding hydrogens is 667 g/mol. The summed E-state index contributed by atoms with van der Waals surface area (Å²) in [7, 11) is 0. The molecular formula is C52H33N3. The summed E-state index contributed by atoms with van der Waals surface area (Å²) in [6, 6.07) is 66.2. The Bertz CT molecular complexity index is 3410. The number of benzene rings is 9. The largest absolute Gasteiger partial charge is 0.309 e. The third-order valence-corrected chi connectivity index (χ3v) is 11.9.